The molecule has 0 aliphatic rings. The Kier molecular flexibility index (Phi) is 261. The Balaban J connectivity index is -0.000000000500. The summed E-state index contributed by atoms with van der Waals surface area (Å²) < 4.78 is 0. The van der Waals surface area contributed by atoms with Crippen LogP contribution in [0.25, 0.3) is 0 Å². The van der Waals surface area contributed by atoms with Crippen molar-refractivity contribution in [3.8, 4) is 0 Å². The quantitative estimate of drug-likeness (QED) is 0.173. The Hall–Kier alpha value is 4.84. The molecular weight excluding hydrogens is 870 g/mol. The Bertz CT molecular complexity index is 11.7. The molecule has 0 saturated heterocycles. The van der Waals surface area contributed by atoms with E-state index < -0.39 is 0 Å². The van der Waals surface area contributed by atoms with E-state index in [2.05, 4.69) is 8.86 Å². The zero-order chi connectivity index (χ0) is 2.00. The predicted molar refractivity (Wildman–Crippen MR) is 19.1 cm³/mol. The zero-order valence-electron chi connectivity index (χ0n) is 2.81. The van der Waals surface area contributed by atoms with Crippen LogP contribution in [0, 0.1) is 0 Å². The Morgan fingerprint density at radius 3 is 0.714 bits per heavy atom. The second-order valence-electron chi connectivity index (χ2n) is 0. The van der Waals surface area contributed by atoms with Crippen LogP contribution in [-0.4, -0.2) is 47.1 Å². The third-order valence-corrected chi connectivity index (χ3v) is 0. The van der Waals surface area contributed by atoms with Gasteiger partial charge < -0.3 is 95.9 Å². The second-order valence-corrected chi connectivity index (χ2v) is 0. The molecule has 0 aromatic rings. The third kappa shape index (κ3) is 36.2. The Morgan fingerprint density at radius 1 is 0.714 bits per heavy atom. The molecule has 4 radical (unpaired) electrons. The molecule has 0 aromatic heterocycles. The number of halogens is 4. The fourth-order valence-corrected chi connectivity index (χ4v) is 0. The van der Waals surface area contributed by atoms with Gasteiger partial charge in [0.2, 0.25) is 0 Å². The zero-order valence-corrected chi connectivity index (χ0v) is 18.3. The van der Waals surface area contributed by atoms with E-state index in [-0.39, 0.29) is 120 Å². The Morgan fingerprint density at radius 2 is 0.714 bits per heavy atom. The molecule has 0 spiro atoms. The van der Waals surface area contributed by atoms with Gasteiger partial charge in [-0.1, -0.05) is 0 Å². The molecule has 0 bridgehead atoms. The van der Waals surface area contributed by atoms with Crippen molar-refractivity contribution in [3.63, 3.8) is 0 Å². The molecule has 0 rings (SSSR count). The van der Waals surface area contributed by atoms with Gasteiger partial charge in [0.1, 0.15) is 0 Å². The summed E-state index contributed by atoms with van der Waals surface area (Å²) in [4.78, 5) is 0. The van der Waals surface area contributed by atoms with Crippen LogP contribution >= 0.6 is 8.86 Å². The van der Waals surface area contributed by atoms with Crippen LogP contribution in [0.3, 0.4) is 0 Å². The van der Waals surface area contributed by atoms with Crippen molar-refractivity contribution < 1.29 is 95.9 Å². The van der Waals surface area contributed by atoms with Crippen molar-refractivity contribution in [2.45, 2.75) is 0 Å². The minimum atomic E-state index is 0. The molecule has 0 saturated carbocycles. The first-order chi connectivity index (χ1) is 1.00. The summed E-state index contributed by atoms with van der Waals surface area (Å²) in [5.41, 5.74) is 0. The van der Waals surface area contributed by atoms with E-state index in [0.29, 0.717) is 0 Å². The SMILES string of the molecule is [I-].[I-].[I-].[I-].[S]=[Bi+].[Sb+3]. The molecule has 0 nitrogen and oxygen atoms in total. The largest absolute Gasteiger partial charge is 3.00 e. The summed E-state index contributed by atoms with van der Waals surface area (Å²) in [6, 6.07) is 0. The van der Waals surface area contributed by atoms with Gasteiger partial charge in [0.25, 0.3) is 0 Å². The van der Waals surface area contributed by atoms with Gasteiger partial charge in [-0.15, -0.1) is 0 Å². The first kappa shape index (κ1) is 40.8. The van der Waals surface area contributed by atoms with Crippen LogP contribution < -0.4 is 95.9 Å². The van der Waals surface area contributed by atoms with Gasteiger partial charge in [-0.3, -0.25) is 0 Å². The summed E-state index contributed by atoms with van der Waals surface area (Å²) in [7, 11) is 4.19. The molecule has 0 aliphatic heterocycles. The molecule has 7 heavy (non-hydrogen) atoms. The van der Waals surface area contributed by atoms with E-state index in [0.717, 1.165) is 22.7 Å². The Labute approximate surface area is 148 Å². The number of hydrogen-bond acceptors (Lipinski definition) is 1. The van der Waals surface area contributed by atoms with Crippen LogP contribution in [0.1, 0.15) is 0 Å². The van der Waals surface area contributed by atoms with Gasteiger partial charge in [-0.25, -0.2) is 0 Å². The minimum Gasteiger partial charge on any atom is 3.00 e. The molecular formula is BiI4SSb. The second kappa shape index (κ2) is 44.8. The number of hydrogen-bond donors (Lipinski definition) is 0. The summed E-state index contributed by atoms with van der Waals surface area (Å²) in [5.74, 6) is 0. The molecule has 0 N–H and O–H groups in total. The summed E-state index contributed by atoms with van der Waals surface area (Å²) in [5, 5.41) is 0. The van der Waals surface area contributed by atoms with Gasteiger partial charge in [0.05, 0.1) is 0 Å². The molecule has 0 aromatic carbocycles. The first-order valence-corrected chi connectivity index (χ1v) is 4.81. The van der Waals surface area contributed by atoms with Gasteiger partial charge in [-0.05, 0) is 0 Å². The number of rotatable bonds is 0. The fraction of sp³-hybridized carbons (Fsp3) is 0. The van der Waals surface area contributed by atoms with Crippen molar-refractivity contribution in [2.75, 3.05) is 0 Å². The molecule has 7 heteroatoms. The molecule has 0 amide bonds. The van der Waals surface area contributed by atoms with Crippen LogP contribution in [-0.2, 0) is 0 Å². The fourth-order valence-electron chi connectivity index (χ4n) is 0. The van der Waals surface area contributed by atoms with E-state index in [1.807, 2.05) is 0 Å². The molecule has 44 valence electrons. The van der Waals surface area contributed by atoms with Crippen molar-refractivity contribution in [3.05, 3.63) is 0 Å². The van der Waals surface area contributed by atoms with Crippen molar-refractivity contribution >= 4 is 56.0 Å². The van der Waals surface area contributed by atoms with Crippen LogP contribution in [0.2, 0.25) is 0 Å². The normalized spacial score (nSPS) is 0.571. The van der Waals surface area contributed by atoms with Gasteiger partial charge in [-0.2, -0.15) is 0 Å². The average molecular weight is 870 g/mol. The van der Waals surface area contributed by atoms with Crippen LogP contribution in [0.5, 0.6) is 0 Å². The molecule has 0 fully saturated rings. The molecule has 0 atom stereocenters. The monoisotopic (exact) mass is 869 g/mol. The third-order valence-electron chi connectivity index (χ3n) is 0. The van der Waals surface area contributed by atoms with Crippen molar-refractivity contribution in [2.24, 2.45) is 0 Å². The van der Waals surface area contributed by atoms with E-state index in [9.17, 15) is 0 Å². The van der Waals surface area contributed by atoms with Crippen LogP contribution in [0.4, 0.5) is 0 Å². The van der Waals surface area contributed by atoms with Gasteiger partial charge >= 0.3 is 56.0 Å². The van der Waals surface area contributed by atoms with Crippen molar-refractivity contribution in [1.29, 1.82) is 0 Å². The molecule has 0 unspecified atom stereocenters. The van der Waals surface area contributed by atoms with Gasteiger partial charge in [0, 0.05) is 0 Å². The van der Waals surface area contributed by atoms with E-state index in [1.165, 1.54) is 0 Å². The minimum absolute atomic E-state index is 0. The smallest absolute Gasteiger partial charge is 3.00 e. The molecule has 0 heterocycles. The standard InChI is InChI=1S/Bi.4HI.S.Sb/h;4*1H;;/q+1;;;;;;+3/p-4. The predicted octanol–water partition coefficient (Wildman–Crippen LogP) is -12.1. The van der Waals surface area contributed by atoms with E-state index in [1.54, 1.807) is 0 Å². The molecule has 0 aliphatic carbocycles. The summed E-state index contributed by atoms with van der Waals surface area (Å²) in [6.45, 7) is 0. The summed E-state index contributed by atoms with van der Waals surface area (Å²) in [6.07, 6.45) is 0. The first-order valence-electron chi connectivity index (χ1n) is 0.183. The van der Waals surface area contributed by atoms with E-state index >= 15 is 0 Å². The average Bonchev–Trinajstić information content (AvgIpc) is 1.00. The van der Waals surface area contributed by atoms with E-state index in [4.69, 9.17) is 0 Å². The maximum atomic E-state index is 4.19. The van der Waals surface area contributed by atoms with Crippen LogP contribution in [0.15, 0.2) is 0 Å². The maximum Gasteiger partial charge on any atom is 3.00 e. The topological polar surface area (TPSA) is 0 Å². The summed E-state index contributed by atoms with van der Waals surface area (Å²) >= 11 is 1.03. The maximum absolute atomic E-state index is 4.19. The van der Waals surface area contributed by atoms with Crippen molar-refractivity contribution in [1.82, 2.24) is 0 Å². The van der Waals surface area contributed by atoms with Gasteiger partial charge in [0.15, 0.2) is 0 Å².